The third-order valence-electron chi connectivity index (χ3n) is 1.33. The molecule has 1 atom stereocenters. The van der Waals surface area contributed by atoms with Gasteiger partial charge in [-0.1, -0.05) is 18.2 Å². The molecular formula is C9H14O. The Morgan fingerprint density at radius 1 is 1.50 bits per heavy atom. The molecule has 0 saturated carbocycles. The summed E-state index contributed by atoms with van der Waals surface area (Å²) in [4.78, 5) is 10.1. The first kappa shape index (κ1) is 9.15. The van der Waals surface area contributed by atoms with Crippen molar-refractivity contribution in [2.24, 2.45) is 5.92 Å². The van der Waals surface area contributed by atoms with Crippen molar-refractivity contribution in [3.05, 3.63) is 24.8 Å². The van der Waals surface area contributed by atoms with E-state index in [2.05, 4.69) is 6.58 Å². The van der Waals surface area contributed by atoms with Gasteiger partial charge in [0.15, 0.2) is 0 Å². The summed E-state index contributed by atoms with van der Waals surface area (Å²) in [6.07, 6.45) is 8.30. The van der Waals surface area contributed by atoms with E-state index in [4.69, 9.17) is 0 Å². The maximum Gasteiger partial charge on any atom is 0.120 e. The van der Waals surface area contributed by atoms with E-state index in [1.807, 2.05) is 25.2 Å². The average molecular weight is 138 g/mol. The van der Waals surface area contributed by atoms with Gasteiger partial charge in [-0.3, -0.25) is 0 Å². The second-order valence-corrected chi connectivity index (χ2v) is 2.21. The van der Waals surface area contributed by atoms with E-state index >= 15 is 0 Å². The smallest absolute Gasteiger partial charge is 0.120 e. The quantitative estimate of drug-likeness (QED) is 0.421. The predicted molar refractivity (Wildman–Crippen MR) is 43.8 cm³/mol. The van der Waals surface area contributed by atoms with Crippen LogP contribution in [0.15, 0.2) is 24.8 Å². The van der Waals surface area contributed by atoms with Gasteiger partial charge in [-0.2, -0.15) is 0 Å². The first-order chi connectivity index (χ1) is 4.85. The van der Waals surface area contributed by atoms with Crippen molar-refractivity contribution in [2.45, 2.75) is 19.8 Å². The molecule has 0 aliphatic rings. The Morgan fingerprint density at radius 2 is 2.20 bits per heavy atom. The molecule has 0 aliphatic carbocycles. The van der Waals surface area contributed by atoms with E-state index in [9.17, 15) is 4.79 Å². The number of hydrogen-bond acceptors (Lipinski definition) is 1. The van der Waals surface area contributed by atoms with Crippen LogP contribution in [0.5, 0.6) is 0 Å². The molecule has 0 heterocycles. The first-order valence-corrected chi connectivity index (χ1v) is 3.52. The van der Waals surface area contributed by atoms with Crippen LogP contribution in [0.4, 0.5) is 0 Å². The Morgan fingerprint density at radius 3 is 2.60 bits per heavy atom. The molecule has 0 radical (unpaired) electrons. The molecule has 0 spiro atoms. The van der Waals surface area contributed by atoms with Crippen LogP contribution in [0.2, 0.25) is 0 Å². The van der Waals surface area contributed by atoms with E-state index in [-0.39, 0.29) is 0 Å². The van der Waals surface area contributed by atoms with Crippen molar-refractivity contribution < 1.29 is 4.79 Å². The van der Waals surface area contributed by atoms with E-state index < -0.39 is 0 Å². The lowest BCUT2D eigenvalue weighted by Gasteiger charge is -2.02. The summed E-state index contributed by atoms with van der Waals surface area (Å²) in [5, 5.41) is 0. The zero-order valence-corrected chi connectivity index (χ0v) is 6.42. The second kappa shape index (κ2) is 6.27. The number of carbonyl (C=O) groups is 1. The van der Waals surface area contributed by atoms with E-state index in [1.165, 1.54) is 0 Å². The molecule has 0 rings (SSSR count). The molecule has 0 N–H and O–H groups in total. The summed E-state index contributed by atoms with van der Waals surface area (Å²) >= 11 is 0. The molecule has 0 aliphatic heterocycles. The van der Waals surface area contributed by atoms with Gasteiger partial charge < -0.3 is 4.79 Å². The zero-order valence-electron chi connectivity index (χ0n) is 6.42. The van der Waals surface area contributed by atoms with Gasteiger partial charge in [0, 0.05) is 6.42 Å². The predicted octanol–water partition coefficient (Wildman–Crippen LogP) is 2.34. The van der Waals surface area contributed by atoms with Crippen molar-refractivity contribution >= 4 is 6.29 Å². The molecular weight excluding hydrogens is 124 g/mol. The SMILES string of the molecule is C=CC[C@@H](/C=C/C)CC=O. The molecule has 0 fully saturated rings. The number of rotatable bonds is 5. The highest BCUT2D eigenvalue weighted by atomic mass is 16.1. The molecule has 0 aromatic carbocycles. The summed E-state index contributed by atoms with van der Waals surface area (Å²) in [5.41, 5.74) is 0. The van der Waals surface area contributed by atoms with Gasteiger partial charge in [-0.25, -0.2) is 0 Å². The highest BCUT2D eigenvalue weighted by Gasteiger charge is 1.98. The van der Waals surface area contributed by atoms with E-state index in [1.54, 1.807) is 0 Å². The number of aldehydes is 1. The molecule has 1 heteroatoms. The topological polar surface area (TPSA) is 17.1 Å². The Bertz CT molecular complexity index is 115. The van der Waals surface area contributed by atoms with Crippen LogP contribution in [-0.2, 0) is 4.79 Å². The molecule has 10 heavy (non-hydrogen) atoms. The summed E-state index contributed by atoms with van der Waals surface area (Å²) in [5.74, 6) is 0.361. The minimum atomic E-state index is 0.361. The fourth-order valence-electron chi connectivity index (χ4n) is 0.863. The Hall–Kier alpha value is -0.850. The maximum atomic E-state index is 10.1. The third-order valence-corrected chi connectivity index (χ3v) is 1.33. The van der Waals surface area contributed by atoms with Crippen LogP contribution in [0.3, 0.4) is 0 Å². The van der Waals surface area contributed by atoms with Crippen LogP contribution in [0, 0.1) is 5.92 Å². The zero-order chi connectivity index (χ0) is 7.82. The van der Waals surface area contributed by atoms with Crippen molar-refractivity contribution in [2.75, 3.05) is 0 Å². The molecule has 1 nitrogen and oxygen atoms in total. The lowest BCUT2D eigenvalue weighted by Crippen LogP contribution is -1.94. The summed E-state index contributed by atoms with van der Waals surface area (Å²) < 4.78 is 0. The number of hydrogen-bond donors (Lipinski definition) is 0. The third kappa shape index (κ3) is 4.07. The van der Waals surface area contributed by atoms with Crippen molar-refractivity contribution in [1.82, 2.24) is 0 Å². The highest BCUT2D eigenvalue weighted by molar-refractivity contribution is 5.50. The number of carbonyl (C=O) groups excluding carboxylic acids is 1. The average Bonchev–Trinajstić information content (AvgIpc) is 1.90. The maximum absolute atomic E-state index is 10.1. The van der Waals surface area contributed by atoms with Crippen LogP contribution in [0.1, 0.15) is 19.8 Å². The fourth-order valence-corrected chi connectivity index (χ4v) is 0.863. The molecule has 0 bridgehead atoms. The Balaban J connectivity index is 3.70. The van der Waals surface area contributed by atoms with Gasteiger partial charge >= 0.3 is 0 Å². The summed E-state index contributed by atoms with van der Waals surface area (Å²) in [6.45, 7) is 5.57. The van der Waals surface area contributed by atoms with Gasteiger partial charge in [0.1, 0.15) is 6.29 Å². The van der Waals surface area contributed by atoms with Gasteiger partial charge in [0.05, 0.1) is 0 Å². The van der Waals surface area contributed by atoms with Crippen molar-refractivity contribution in [3.8, 4) is 0 Å². The lowest BCUT2D eigenvalue weighted by molar-refractivity contribution is -0.108. The van der Waals surface area contributed by atoms with Crippen LogP contribution in [0.25, 0.3) is 0 Å². The van der Waals surface area contributed by atoms with Gasteiger partial charge in [-0.15, -0.1) is 6.58 Å². The lowest BCUT2D eigenvalue weighted by atomic mass is 10.0. The summed E-state index contributed by atoms with van der Waals surface area (Å²) in [7, 11) is 0. The van der Waals surface area contributed by atoms with Crippen LogP contribution in [-0.4, -0.2) is 6.29 Å². The Kier molecular flexibility index (Phi) is 5.74. The van der Waals surface area contributed by atoms with E-state index in [0.717, 1.165) is 12.7 Å². The first-order valence-electron chi connectivity index (χ1n) is 3.52. The molecule has 0 saturated heterocycles. The largest absolute Gasteiger partial charge is 0.303 e. The molecule has 56 valence electrons. The number of allylic oxidation sites excluding steroid dienone is 3. The fraction of sp³-hybridized carbons (Fsp3) is 0.444. The van der Waals surface area contributed by atoms with Crippen LogP contribution < -0.4 is 0 Å². The monoisotopic (exact) mass is 138 g/mol. The molecule has 0 amide bonds. The molecule has 0 unspecified atom stereocenters. The van der Waals surface area contributed by atoms with Crippen molar-refractivity contribution in [3.63, 3.8) is 0 Å². The van der Waals surface area contributed by atoms with Crippen LogP contribution >= 0.6 is 0 Å². The minimum absolute atomic E-state index is 0.361. The Labute approximate surface area is 62.4 Å². The standard InChI is InChI=1S/C9H14O/c1-3-5-9(6-4-2)7-8-10/h3-4,6,8-9H,1,5,7H2,2H3/b6-4+/t9-/m0/s1. The van der Waals surface area contributed by atoms with Crippen molar-refractivity contribution in [1.29, 1.82) is 0 Å². The van der Waals surface area contributed by atoms with E-state index in [0.29, 0.717) is 12.3 Å². The second-order valence-electron chi connectivity index (χ2n) is 2.21. The van der Waals surface area contributed by atoms with Gasteiger partial charge in [0.2, 0.25) is 0 Å². The normalized spacial score (nSPS) is 13.3. The summed E-state index contributed by atoms with van der Waals surface area (Å²) in [6, 6.07) is 0. The minimum Gasteiger partial charge on any atom is -0.303 e. The highest BCUT2D eigenvalue weighted by Crippen LogP contribution is 2.08. The van der Waals surface area contributed by atoms with Gasteiger partial charge in [-0.05, 0) is 19.3 Å². The van der Waals surface area contributed by atoms with Gasteiger partial charge in [0.25, 0.3) is 0 Å². The molecule has 0 aromatic heterocycles. The molecule has 0 aromatic rings.